The zero-order valence-electron chi connectivity index (χ0n) is 44.3. The smallest absolute Gasteiger partial charge is 0.162 e. The molecule has 0 N–H and O–H groups in total. The van der Waals surface area contributed by atoms with Crippen LogP contribution in [0.5, 0.6) is 0 Å². The zero-order chi connectivity index (χ0) is 53.2. The van der Waals surface area contributed by atoms with E-state index < -0.39 is 8.22 Å². The fraction of sp³-hybridized carbons (Fsp3) is 0.0395. The van der Waals surface area contributed by atoms with Crippen LogP contribution in [0.2, 0.25) is 0 Å². The predicted molar refractivity (Wildman–Crippen MR) is 339 cm³/mol. The third kappa shape index (κ3) is 9.22. The number of hydrogen-bond acceptors (Lipinski definition) is 3. The molecule has 0 aliphatic carbocycles. The summed E-state index contributed by atoms with van der Waals surface area (Å²) < 4.78 is 5.24. The van der Waals surface area contributed by atoms with Gasteiger partial charge in [-0.2, -0.15) is 0 Å². The van der Waals surface area contributed by atoms with Crippen molar-refractivity contribution in [1.82, 2.24) is 0 Å². The van der Waals surface area contributed by atoms with Gasteiger partial charge in [-0.1, -0.05) is 224 Å². The lowest BCUT2D eigenvalue weighted by atomic mass is 9.82. The summed E-state index contributed by atoms with van der Waals surface area (Å²) in [5.74, 6) is 0.0998. The molecule has 0 amide bonds. The molecule has 12 aromatic carbocycles. The maximum Gasteiger partial charge on any atom is 0.162 e. The summed E-state index contributed by atoms with van der Waals surface area (Å²) in [5, 5.41) is 1.27. The van der Waals surface area contributed by atoms with Crippen molar-refractivity contribution in [3.63, 3.8) is 0 Å². The molecule has 0 fully saturated rings. The molecule has 3 nitrogen and oxygen atoms in total. The topological polar surface area (TPSA) is 9.72 Å². The highest BCUT2D eigenvalue weighted by molar-refractivity contribution is 7.70. The number of fused-ring (bicyclic) bond motifs is 2. The van der Waals surface area contributed by atoms with E-state index in [1.165, 1.54) is 101 Å². The van der Waals surface area contributed by atoms with E-state index in [4.69, 9.17) is 0 Å². The maximum atomic E-state index is 2.62. The van der Waals surface area contributed by atoms with Gasteiger partial charge in [-0.3, -0.25) is 14.2 Å². The average molecular weight is 1040 g/mol. The minimum atomic E-state index is -1.29. The van der Waals surface area contributed by atoms with Crippen LogP contribution in [0.15, 0.2) is 315 Å². The molecule has 0 bridgehead atoms. The van der Waals surface area contributed by atoms with E-state index in [0.29, 0.717) is 0 Å². The molecule has 12 aromatic rings. The Balaban J connectivity index is 0.919. The standard InChI is InChI=1S/C76H57N3P/c1-5-21-56(22-6-1)60-40-37-55(38-41-60)39-54-71-68-30-15-17-33-72(68)77(64-48-42-61(43-49-64)57-23-7-2-8-24-57)76(71)70-32-14-13-29-67(70)69-31-16-20-36-75(69)80-78(65-50-44-62(45-51-65)58-25-9-3-10-26-58)73-34-18-19-35-74(73)79(80)66-52-46-63(47-53-66)59-27-11-4-12-28-59/h1-38,40-53,71H,39,54H2/q+1. The number of anilines is 6. The fourth-order valence-electron chi connectivity index (χ4n) is 12.0. The maximum absolute atomic E-state index is 2.62. The molecule has 80 heavy (non-hydrogen) atoms. The zero-order valence-corrected chi connectivity index (χ0v) is 45.2. The molecule has 1 atom stereocenters. The summed E-state index contributed by atoms with van der Waals surface area (Å²) in [6.07, 6.45) is 1.86. The van der Waals surface area contributed by atoms with E-state index in [1.807, 2.05) is 0 Å². The largest absolute Gasteiger partial charge is 0.296 e. The Morgan fingerprint density at radius 1 is 0.300 bits per heavy atom. The van der Waals surface area contributed by atoms with Crippen LogP contribution in [0.25, 0.3) is 55.6 Å². The summed E-state index contributed by atoms with van der Waals surface area (Å²) in [7, 11) is -1.29. The fourth-order valence-corrected chi connectivity index (χ4v) is 14.7. The van der Waals surface area contributed by atoms with E-state index in [0.717, 1.165) is 29.9 Å². The van der Waals surface area contributed by atoms with E-state index in [1.54, 1.807) is 0 Å². The Morgan fingerprint density at radius 2 is 0.662 bits per heavy atom. The molecule has 4 heteroatoms. The first kappa shape index (κ1) is 48.7. The molecular formula is C76H57N3P+. The van der Waals surface area contributed by atoms with Crippen molar-refractivity contribution < 1.29 is 0 Å². The van der Waals surface area contributed by atoms with Crippen LogP contribution >= 0.6 is 8.22 Å². The van der Waals surface area contributed by atoms with Crippen LogP contribution in [0.4, 0.5) is 34.1 Å². The lowest BCUT2D eigenvalue weighted by Gasteiger charge is -2.34. The minimum Gasteiger partial charge on any atom is -0.296 e. The van der Waals surface area contributed by atoms with Gasteiger partial charge >= 0.3 is 0 Å². The summed E-state index contributed by atoms with van der Waals surface area (Å²) in [5.41, 5.74) is 23.1. The highest BCUT2D eigenvalue weighted by atomic mass is 31.1. The summed E-state index contributed by atoms with van der Waals surface area (Å²) >= 11 is 0. The highest BCUT2D eigenvalue weighted by Crippen LogP contribution is 2.66. The third-order valence-corrected chi connectivity index (χ3v) is 18.4. The summed E-state index contributed by atoms with van der Waals surface area (Å²) in [6.45, 7) is 0. The van der Waals surface area contributed by atoms with Crippen LogP contribution in [0.1, 0.15) is 29.0 Å². The van der Waals surface area contributed by atoms with Gasteiger partial charge in [0.15, 0.2) is 5.56 Å². The molecule has 0 saturated heterocycles. The molecule has 0 aromatic heterocycles. The van der Waals surface area contributed by atoms with Crippen LogP contribution in [-0.4, -0.2) is 0 Å². The van der Waals surface area contributed by atoms with Gasteiger partial charge in [-0.15, -0.1) is 0 Å². The normalized spacial score (nSPS) is 13.8. The van der Waals surface area contributed by atoms with Gasteiger partial charge in [-0.25, -0.2) is 0 Å². The van der Waals surface area contributed by atoms with Gasteiger partial charge in [0.2, 0.25) is 0 Å². The molecule has 2 aliphatic heterocycles. The first-order chi connectivity index (χ1) is 39.7. The van der Waals surface area contributed by atoms with Crippen LogP contribution in [-0.2, 0) is 6.42 Å². The number of nitrogens with zero attached hydrogens (tertiary/aromatic N) is 3. The second-order valence-corrected chi connectivity index (χ2v) is 22.5. The van der Waals surface area contributed by atoms with Gasteiger partial charge in [0, 0.05) is 28.8 Å². The van der Waals surface area contributed by atoms with Crippen molar-refractivity contribution in [3.05, 3.63) is 338 Å². The van der Waals surface area contributed by atoms with Gasteiger partial charge < -0.3 is 0 Å². The number of rotatable bonds is 13. The lowest BCUT2D eigenvalue weighted by Crippen LogP contribution is -2.26. The Bertz CT molecular complexity index is 3950. The van der Waals surface area contributed by atoms with E-state index >= 15 is 0 Å². The Morgan fingerprint density at radius 3 is 1.15 bits per heavy atom. The molecule has 0 spiro atoms. The third-order valence-electron chi connectivity index (χ3n) is 15.9. The molecular weight excluding hydrogens is 986 g/mol. The Kier molecular flexibility index (Phi) is 13.2. The second kappa shape index (κ2) is 21.6. The second-order valence-electron chi connectivity index (χ2n) is 20.6. The quantitative estimate of drug-likeness (QED) is 0.0842. The summed E-state index contributed by atoms with van der Waals surface area (Å²) in [4.78, 5) is 2.58. The van der Waals surface area contributed by atoms with Gasteiger partial charge in [-0.05, 0) is 147 Å². The Labute approximate surface area is 471 Å². The number of hydrogen-bond donors (Lipinski definition) is 0. The molecule has 380 valence electrons. The molecule has 0 radical (unpaired) electrons. The van der Waals surface area contributed by atoms with Crippen LogP contribution in [0, 0.1) is 6.04 Å². The van der Waals surface area contributed by atoms with E-state index in [-0.39, 0.29) is 5.92 Å². The summed E-state index contributed by atoms with van der Waals surface area (Å²) in [6, 6.07) is 118. The first-order valence-corrected chi connectivity index (χ1v) is 29.0. The molecule has 0 saturated carbocycles. The average Bonchev–Trinajstić information content (AvgIpc) is 4.30. The Hall–Kier alpha value is -9.66. The number of para-hydroxylation sites is 3. The molecule has 2 aliphatic rings. The van der Waals surface area contributed by atoms with Crippen molar-refractivity contribution in [1.29, 1.82) is 0 Å². The van der Waals surface area contributed by atoms with Gasteiger partial charge in [0.1, 0.15) is 14.3 Å². The van der Waals surface area contributed by atoms with Crippen molar-refractivity contribution in [2.24, 2.45) is 0 Å². The highest BCUT2D eigenvalue weighted by Gasteiger charge is 2.48. The number of aryl methyl sites for hydroxylation is 1. The van der Waals surface area contributed by atoms with Gasteiger partial charge in [0.05, 0.1) is 39.8 Å². The van der Waals surface area contributed by atoms with Crippen molar-refractivity contribution in [2.45, 2.75) is 18.8 Å². The molecule has 1 unspecified atom stereocenters. The van der Waals surface area contributed by atoms with Crippen molar-refractivity contribution >= 4 is 47.7 Å². The van der Waals surface area contributed by atoms with E-state index in [9.17, 15) is 0 Å². The minimum absolute atomic E-state index is 0.0998. The van der Waals surface area contributed by atoms with Gasteiger partial charge in [0.25, 0.3) is 0 Å². The molecule has 2 heterocycles. The lowest BCUT2D eigenvalue weighted by molar-refractivity contribution is 0.667. The SMILES string of the molecule is c1ccc(-c2ccc(CCC3c4ccccc4N(c4ccc(-c5ccccc5)cc4)[C+]3c3ccccc3-c3ccccc3P3N(c4ccc(-c5ccccc5)cc4)c4ccccc4N3c3ccc(-c4ccccc4)cc3)cc2)cc1. The predicted octanol–water partition coefficient (Wildman–Crippen LogP) is 20.4. The first-order valence-electron chi connectivity index (χ1n) is 27.8. The molecule has 14 rings (SSSR count). The van der Waals surface area contributed by atoms with Crippen molar-refractivity contribution in [2.75, 3.05) is 14.2 Å². The van der Waals surface area contributed by atoms with Crippen molar-refractivity contribution in [3.8, 4) is 55.6 Å². The van der Waals surface area contributed by atoms with Crippen LogP contribution < -0.4 is 19.5 Å². The monoisotopic (exact) mass is 1040 g/mol. The number of benzene rings is 12. The van der Waals surface area contributed by atoms with E-state index in [2.05, 4.69) is 330 Å². The van der Waals surface area contributed by atoms with Crippen LogP contribution in [0.3, 0.4) is 0 Å².